The van der Waals surface area contributed by atoms with Crippen LogP contribution in [-0.4, -0.2) is 51.4 Å². The van der Waals surface area contributed by atoms with Gasteiger partial charge in [0.15, 0.2) is 0 Å². The number of methoxy groups -OCH3 is 1. The largest absolute Gasteiger partial charge is 0.495 e. The number of anilines is 1. The Morgan fingerprint density at radius 1 is 0.891 bits per heavy atom. The van der Waals surface area contributed by atoms with Crippen molar-refractivity contribution in [3.63, 3.8) is 0 Å². The van der Waals surface area contributed by atoms with Gasteiger partial charge in [0.05, 0.1) is 22.7 Å². The van der Waals surface area contributed by atoms with Gasteiger partial charge < -0.3 is 15.0 Å². The molecule has 0 bridgehead atoms. The minimum atomic E-state index is -4.26. The van der Waals surface area contributed by atoms with Gasteiger partial charge in [0.2, 0.25) is 11.8 Å². The molecule has 2 amide bonds. The van der Waals surface area contributed by atoms with E-state index in [0.717, 1.165) is 21.0 Å². The van der Waals surface area contributed by atoms with Crippen LogP contribution in [0.4, 0.5) is 5.69 Å². The zero-order valence-corrected chi connectivity index (χ0v) is 28.3. The number of halogens is 2. The van der Waals surface area contributed by atoms with Crippen molar-refractivity contribution in [2.24, 2.45) is 0 Å². The molecule has 0 unspecified atom stereocenters. The summed E-state index contributed by atoms with van der Waals surface area (Å²) in [6.07, 6.45) is 0.921. The number of amides is 2. The second-order valence-electron chi connectivity index (χ2n) is 10.8. The minimum Gasteiger partial charge on any atom is -0.495 e. The summed E-state index contributed by atoms with van der Waals surface area (Å²) in [4.78, 5) is 29.7. The van der Waals surface area contributed by atoms with Gasteiger partial charge in [-0.15, -0.1) is 0 Å². The molecule has 4 aromatic rings. The molecule has 0 aliphatic heterocycles. The van der Waals surface area contributed by atoms with E-state index in [1.807, 2.05) is 44.2 Å². The Morgan fingerprint density at radius 2 is 1.57 bits per heavy atom. The molecule has 242 valence electrons. The van der Waals surface area contributed by atoms with Crippen molar-refractivity contribution in [1.82, 2.24) is 10.2 Å². The molecular weight excluding hydrogens is 645 g/mol. The molecule has 46 heavy (non-hydrogen) atoms. The number of ether oxygens (including phenoxy) is 1. The molecule has 4 rings (SSSR count). The summed E-state index contributed by atoms with van der Waals surface area (Å²) >= 11 is 12.6. The number of hydrogen-bond donors (Lipinski definition) is 1. The van der Waals surface area contributed by atoms with Gasteiger partial charge in [0, 0.05) is 24.5 Å². The number of sulfonamides is 1. The average Bonchev–Trinajstić information content (AvgIpc) is 3.05. The predicted molar refractivity (Wildman–Crippen MR) is 183 cm³/mol. The first kappa shape index (κ1) is 34.8. The van der Waals surface area contributed by atoms with Crippen molar-refractivity contribution in [1.29, 1.82) is 0 Å². The fourth-order valence-corrected chi connectivity index (χ4v) is 6.67. The van der Waals surface area contributed by atoms with Gasteiger partial charge in [0.1, 0.15) is 18.3 Å². The van der Waals surface area contributed by atoms with Gasteiger partial charge >= 0.3 is 0 Å². The van der Waals surface area contributed by atoms with Gasteiger partial charge in [0.25, 0.3) is 10.0 Å². The van der Waals surface area contributed by atoms with Crippen molar-refractivity contribution in [3.8, 4) is 5.75 Å². The van der Waals surface area contributed by atoms with Crippen molar-refractivity contribution < 1.29 is 22.7 Å². The standard InChI is InChI=1S/C35H37Cl2N3O5S/c1-4-20-38-35(42)32(21-26-8-6-5-7-9-26)39(23-27-12-14-28(36)15-13-27)34(41)24-40(29-16-19-33(45-3)31(37)22-29)46(43,44)30-17-10-25(2)11-18-30/h5-19,22,32H,4,20-21,23-24H2,1-3H3,(H,38,42)/t32-/m1/s1. The third-order valence-corrected chi connectivity index (χ3v) is 9.73. The van der Waals surface area contributed by atoms with Crippen molar-refractivity contribution in [2.75, 3.05) is 24.5 Å². The Bertz CT molecular complexity index is 1730. The number of aryl methyl sites for hydroxylation is 1. The van der Waals surface area contributed by atoms with Gasteiger partial charge in [-0.1, -0.05) is 90.3 Å². The SMILES string of the molecule is CCCNC(=O)[C@@H](Cc1ccccc1)N(Cc1ccc(Cl)cc1)C(=O)CN(c1ccc(OC)c(Cl)c1)S(=O)(=O)c1ccc(C)cc1. The van der Waals surface area contributed by atoms with E-state index in [2.05, 4.69) is 5.32 Å². The Hall–Kier alpha value is -4.05. The predicted octanol–water partition coefficient (Wildman–Crippen LogP) is 6.67. The summed E-state index contributed by atoms with van der Waals surface area (Å²) in [6.45, 7) is 3.65. The molecule has 4 aromatic carbocycles. The van der Waals surface area contributed by atoms with Crippen molar-refractivity contribution in [2.45, 2.75) is 44.2 Å². The maximum Gasteiger partial charge on any atom is 0.264 e. The summed E-state index contributed by atoms with van der Waals surface area (Å²) < 4.78 is 34.7. The Labute approximate surface area is 280 Å². The molecule has 0 fully saturated rings. The van der Waals surface area contributed by atoms with Crippen LogP contribution in [0, 0.1) is 6.92 Å². The molecule has 0 saturated carbocycles. The Balaban J connectivity index is 1.81. The zero-order valence-electron chi connectivity index (χ0n) is 26.0. The van der Waals surface area contributed by atoms with Crippen molar-refractivity contribution in [3.05, 3.63) is 124 Å². The highest BCUT2D eigenvalue weighted by Gasteiger charge is 2.34. The van der Waals surface area contributed by atoms with Crippen LogP contribution in [-0.2, 0) is 32.6 Å². The molecule has 0 aromatic heterocycles. The van der Waals surface area contributed by atoms with Crippen molar-refractivity contribution >= 4 is 50.7 Å². The molecule has 8 nitrogen and oxygen atoms in total. The highest BCUT2D eigenvalue weighted by molar-refractivity contribution is 7.92. The second-order valence-corrected chi connectivity index (χ2v) is 13.5. The van der Waals surface area contributed by atoms with E-state index in [4.69, 9.17) is 27.9 Å². The summed E-state index contributed by atoms with van der Waals surface area (Å²) in [5.41, 5.74) is 2.62. The lowest BCUT2D eigenvalue weighted by atomic mass is 10.0. The smallest absolute Gasteiger partial charge is 0.264 e. The van der Waals surface area contributed by atoms with Crippen LogP contribution in [0.1, 0.15) is 30.0 Å². The van der Waals surface area contributed by atoms with Gasteiger partial charge in [-0.05, 0) is 66.9 Å². The number of carbonyl (C=O) groups excluding carboxylic acids is 2. The fourth-order valence-electron chi connectivity index (χ4n) is 4.88. The molecule has 0 aliphatic carbocycles. The molecule has 11 heteroatoms. The second kappa shape index (κ2) is 16.0. The van der Waals surface area contributed by atoms with Crippen LogP contribution in [0.3, 0.4) is 0 Å². The van der Waals surface area contributed by atoms with E-state index in [9.17, 15) is 18.0 Å². The lowest BCUT2D eigenvalue weighted by molar-refractivity contribution is -0.140. The van der Waals surface area contributed by atoms with Gasteiger partial charge in [-0.25, -0.2) is 8.42 Å². The van der Waals surface area contributed by atoms with Crippen LogP contribution in [0.5, 0.6) is 5.75 Å². The van der Waals surface area contributed by atoms with E-state index in [0.29, 0.717) is 23.7 Å². The zero-order chi connectivity index (χ0) is 33.3. The third kappa shape index (κ3) is 8.81. The highest BCUT2D eigenvalue weighted by atomic mass is 35.5. The van der Waals surface area contributed by atoms with E-state index < -0.39 is 28.5 Å². The van der Waals surface area contributed by atoms with E-state index in [-0.39, 0.29) is 34.5 Å². The normalized spacial score (nSPS) is 11.8. The third-order valence-electron chi connectivity index (χ3n) is 7.40. The number of nitrogens with zero attached hydrogens (tertiary/aromatic N) is 2. The molecule has 0 spiro atoms. The molecule has 0 radical (unpaired) electrons. The molecule has 0 aliphatic rings. The lowest BCUT2D eigenvalue weighted by Gasteiger charge is -2.34. The Kier molecular flexibility index (Phi) is 12.1. The fraction of sp³-hybridized carbons (Fsp3) is 0.257. The number of rotatable bonds is 14. The first-order valence-corrected chi connectivity index (χ1v) is 17.0. The average molecular weight is 683 g/mol. The highest BCUT2D eigenvalue weighted by Crippen LogP contribution is 2.32. The maximum atomic E-state index is 14.5. The topological polar surface area (TPSA) is 96.0 Å². The number of nitrogens with one attached hydrogen (secondary N) is 1. The number of hydrogen-bond acceptors (Lipinski definition) is 5. The molecule has 0 heterocycles. The van der Waals surface area contributed by atoms with Crippen LogP contribution in [0.15, 0.2) is 102 Å². The van der Waals surface area contributed by atoms with Gasteiger partial charge in [-0.2, -0.15) is 0 Å². The molecule has 0 saturated heterocycles. The monoisotopic (exact) mass is 681 g/mol. The summed E-state index contributed by atoms with van der Waals surface area (Å²) in [5.74, 6) is -0.567. The first-order valence-electron chi connectivity index (χ1n) is 14.8. The quantitative estimate of drug-likeness (QED) is 0.160. The van der Waals surface area contributed by atoms with E-state index in [1.54, 1.807) is 42.5 Å². The summed E-state index contributed by atoms with van der Waals surface area (Å²) in [5, 5.41) is 3.63. The van der Waals surface area contributed by atoms with Crippen LogP contribution in [0.2, 0.25) is 10.0 Å². The van der Waals surface area contributed by atoms with Crippen LogP contribution in [0.25, 0.3) is 0 Å². The maximum absolute atomic E-state index is 14.5. The number of benzene rings is 4. The molecular formula is C35H37Cl2N3O5S. The summed E-state index contributed by atoms with van der Waals surface area (Å²) in [7, 11) is -2.81. The van der Waals surface area contributed by atoms with Crippen LogP contribution >= 0.6 is 23.2 Å². The van der Waals surface area contributed by atoms with Gasteiger partial charge in [-0.3, -0.25) is 13.9 Å². The molecule has 1 atom stereocenters. The summed E-state index contributed by atoms with van der Waals surface area (Å²) in [6, 6.07) is 26.3. The van der Waals surface area contributed by atoms with E-state index >= 15 is 0 Å². The number of carbonyl (C=O) groups is 2. The van der Waals surface area contributed by atoms with Crippen LogP contribution < -0.4 is 14.4 Å². The minimum absolute atomic E-state index is 0.00335. The van der Waals surface area contributed by atoms with E-state index in [1.165, 1.54) is 36.3 Å². The Morgan fingerprint density at radius 3 is 2.17 bits per heavy atom. The lowest BCUT2D eigenvalue weighted by Crippen LogP contribution is -2.53. The molecule has 1 N–H and O–H groups in total. The first-order chi connectivity index (χ1) is 22.0.